The fraction of sp³-hybridized carbons (Fsp3) is 0.222. The first kappa shape index (κ1) is 17.8. The zero-order valence-electron chi connectivity index (χ0n) is 13.5. The first-order valence-electron chi connectivity index (χ1n) is 7.85. The van der Waals surface area contributed by atoms with Crippen LogP contribution in [-0.2, 0) is 17.8 Å². The van der Waals surface area contributed by atoms with Crippen LogP contribution in [0.2, 0.25) is 0 Å². The summed E-state index contributed by atoms with van der Waals surface area (Å²) in [6.45, 7) is 0.207. The van der Waals surface area contributed by atoms with E-state index in [9.17, 15) is 18.0 Å². The number of nitrogens with zero attached hydrogens (tertiary/aromatic N) is 1. The molecular weight excluding hydrogens is 349 g/mol. The van der Waals surface area contributed by atoms with E-state index in [2.05, 4.69) is 15.0 Å². The Labute approximate surface area is 146 Å². The Hall–Kier alpha value is -3.03. The smallest absolute Gasteiger partial charge is 0.441 e. The molecule has 0 saturated heterocycles. The van der Waals surface area contributed by atoms with Gasteiger partial charge in [-0.05, 0) is 29.8 Å². The van der Waals surface area contributed by atoms with Gasteiger partial charge < -0.3 is 14.5 Å². The standard InChI is InChI=1S/C18H15F3N2O3/c19-18(20,21)26-13-7-5-12(6-8-13)11-22-16(24)9-10-17-23-14-3-1-2-4-15(14)25-17/h1-8H,9-11H2,(H,22,24). The van der Waals surface area contributed by atoms with Crippen molar-refractivity contribution in [3.8, 4) is 5.75 Å². The van der Waals surface area contributed by atoms with Crippen molar-refractivity contribution in [3.63, 3.8) is 0 Å². The van der Waals surface area contributed by atoms with E-state index in [0.29, 0.717) is 23.5 Å². The quantitative estimate of drug-likeness (QED) is 0.719. The minimum absolute atomic E-state index is 0.197. The molecule has 1 N–H and O–H groups in total. The Morgan fingerprint density at radius 3 is 2.54 bits per heavy atom. The second-order valence-corrected chi connectivity index (χ2v) is 5.54. The van der Waals surface area contributed by atoms with E-state index in [0.717, 1.165) is 5.52 Å². The van der Waals surface area contributed by atoms with E-state index in [-0.39, 0.29) is 24.6 Å². The number of aryl methyl sites for hydroxylation is 1. The topological polar surface area (TPSA) is 64.4 Å². The summed E-state index contributed by atoms with van der Waals surface area (Å²) in [7, 11) is 0. The van der Waals surface area contributed by atoms with E-state index < -0.39 is 6.36 Å². The number of fused-ring (bicyclic) bond motifs is 1. The predicted molar refractivity (Wildman–Crippen MR) is 87.3 cm³/mol. The number of carbonyl (C=O) groups excluding carboxylic acids is 1. The number of ether oxygens (including phenoxy) is 1. The molecule has 1 amide bonds. The highest BCUT2D eigenvalue weighted by molar-refractivity contribution is 5.76. The Balaban J connectivity index is 1.46. The summed E-state index contributed by atoms with van der Waals surface area (Å²) in [5, 5.41) is 2.70. The van der Waals surface area contributed by atoms with Crippen molar-refractivity contribution in [2.24, 2.45) is 0 Å². The van der Waals surface area contributed by atoms with Gasteiger partial charge in [0, 0.05) is 19.4 Å². The van der Waals surface area contributed by atoms with Crippen LogP contribution in [0.25, 0.3) is 11.1 Å². The van der Waals surface area contributed by atoms with Gasteiger partial charge in [-0.1, -0.05) is 24.3 Å². The lowest BCUT2D eigenvalue weighted by Gasteiger charge is -2.09. The monoisotopic (exact) mass is 364 g/mol. The lowest BCUT2D eigenvalue weighted by atomic mass is 10.2. The number of amides is 1. The molecule has 3 rings (SSSR count). The second kappa shape index (κ2) is 7.47. The third-order valence-corrected chi connectivity index (χ3v) is 3.55. The average molecular weight is 364 g/mol. The zero-order chi connectivity index (χ0) is 18.6. The molecule has 5 nitrogen and oxygen atoms in total. The van der Waals surface area contributed by atoms with Crippen LogP contribution in [0.15, 0.2) is 52.9 Å². The summed E-state index contributed by atoms with van der Waals surface area (Å²) < 4.78 is 45.6. The molecule has 1 heterocycles. The number of aromatic nitrogens is 1. The number of carbonyl (C=O) groups is 1. The van der Waals surface area contributed by atoms with Crippen LogP contribution < -0.4 is 10.1 Å². The van der Waals surface area contributed by atoms with Gasteiger partial charge in [0.15, 0.2) is 11.5 Å². The number of hydrogen-bond acceptors (Lipinski definition) is 4. The number of para-hydroxylation sites is 2. The van der Waals surface area contributed by atoms with E-state index in [1.165, 1.54) is 24.3 Å². The Morgan fingerprint density at radius 2 is 1.85 bits per heavy atom. The minimum Gasteiger partial charge on any atom is -0.441 e. The van der Waals surface area contributed by atoms with Gasteiger partial charge >= 0.3 is 6.36 Å². The summed E-state index contributed by atoms with van der Waals surface area (Å²) in [5.74, 6) is -0.0265. The molecule has 0 radical (unpaired) electrons. The van der Waals surface area contributed by atoms with Gasteiger partial charge in [-0.15, -0.1) is 13.2 Å². The fourth-order valence-corrected chi connectivity index (χ4v) is 2.35. The summed E-state index contributed by atoms with van der Waals surface area (Å²) in [6.07, 6.45) is -4.17. The highest BCUT2D eigenvalue weighted by Gasteiger charge is 2.30. The molecule has 26 heavy (non-hydrogen) atoms. The van der Waals surface area contributed by atoms with Crippen LogP contribution in [0.3, 0.4) is 0 Å². The van der Waals surface area contributed by atoms with Crippen molar-refractivity contribution in [2.45, 2.75) is 25.7 Å². The Bertz CT molecular complexity index is 856. The van der Waals surface area contributed by atoms with E-state index in [1.807, 2.05) is 18.2 Å². The average Bonchev–Trinajstić information content (AvgIpc) is 3.01. The van der Waals surface area contributed by atoms with Gasteiger partial charge in [-0.2, -0.15) is 0 Å². The van der Waals surface area contributed by atoms with Gasteiger partial charge in [0.05, 0.1) is 0 Å². The lowest BCUT2D eigenvalue weighted by Crippen LogP contribution is -2.23. The second-order valence-electron chi connectivity index (χ2n) is 5.54. The number of rotatable bonds is 6. The number of benzene rings is 2. The van der Waals surface area contributed by atoms with Gasteiger partial charge in [0.2, 0.25) is 5.91 Å². The number of halogens is 3. The van der Waals surface area contributed by atoms with Crippen molar-refractivity contribution >= 4 is 17.0 Å². The van der Waals surface area contributed by atoms with Crippen LogP contribution in [0.1, 0.15) is 17.9 Å². The molecule has 0 fully saturated rings. The maximum absolute atomic E-state index is 12.1. The van der Waals surface area contributed by atoms with Crippen LogP contribution in [-0.4, -0.2) is 17.3 Å². The van der Waals surface area contributed by atoms with Crippen molar-refractivity contribution in [2.75, 3.05) is 0 Å². The van der Waals surface area contributed by atoms with Gasteiger partial charge in [0.25, 0.3) is 0 Å². The van der Waals surface area contributed by atoms with E-state index >= 15 is 0 Å². The van der Waals surface area contributed by atoms with Gasteiger partial charge in [0.1, 0.15) is 11.3 Å². The molecule has 0 saturated carbocycles. The van der Waals surface area contributed by atoms with Gasteiger partial charge in [-0.3, -0.25) is 4.79 Å². The van der Waals surface area contributed by atoms with Crippen molar-refractivity contribution in [1.82, 2.24) is 10.3 Å². The molecule has 136 valence electrons. The number of nitrogens with one attached hydrogen (secondary N) is 1. The maximum Gasteiger partial charge on any atom is 0.573 e. The van der Waals surface area contributed by atoms with Gasteiger partial charge in [-0.25, -0.2) is 4.98 Å². The normalized spacial score (nSPS) is 11.5. The molecule has 8 heteroatoms. The van der Waals surface area contributed by atoms with E-state index in [4.69, 9.17) is 4.42 Å². The Morgan fingerprint density at radius 1 is 1.12 bits per heavy atom. The molecule has 0 unspecified atom stereocenters. The highest BCUT2D eigenvalue weighted by Crippen LogP contribution is 2.22. The molecular formula is C18H15F3N2O3. The highest BCUT2D eigenvalue weighted by atomic mass is 19.4. The molecule has 3 aromatic rings. The maximum atomic E-state index is 12.1. The van der Waals surface area contributed by atoms with Crippen molar-refractivity contribution < 1.29 is 27.1 Å². The fourth-order valence-electron chi connectivity index (χ4n) is 2.35. The largest absolute Gasteiger partial charge is 0.573 e. The molecule has 0 bridgehead atoms. The van der Waals surface area contributed by atoms with E-state index in [1.54, 1.807) is 6.07 Å². The zero-order valence-corrected chi connectivity index (χ0v) is 13.5. The number of alkyl halides is 3. The summed E-state index contributed by atoms with van der Waals surface area (Å²) in [5.41, 5.74) is 2.07. The summed E-state index contributed by atoms with van der Waals surface area (Å²) in [4.78, 5) is 16.2. The molecule has 0 spiro atoms. The molecule has 1 aromatic heterocycles. The SMILES string of the molecule is O=C(CCc1nc2ccccc2o1)NCc1ccc(OC(F)(F)F)cc1. The third kappa shape index (κ3) is 4.98. The Kier molecular flexibility index (Phi) is 5.11. The minimum atomic E-state index is -4.72. The first-order valence-corrected chi connectivity index (χ1v) is 7.85. The molecule has 0 atom stereocenters. The summed E-state index contributed by atoms with van der Waals surface area (Å²) >= 11 is 0. The lowest BCUT2D eigenvalue weighted by molar-refractivity contribution is -0.274. The third-order valence-electron chi connectivity index (χ3n) is 3.55. The van der Waals surface area contributed by atoms with Crippen LogP contribution in [0, 0.1) is 0 Å². The molecule has 0 aliphatic carbocycles. The predicted octanol–water partition coefficient (Wildman–Crippen LogP) is 3.98. The van der Waals surface area contributed by atoms with Crippen LogP contribution in [0.5, 0.6) is 5.75 Å². The first-order chi connectivity index (χ1) is 12.4. The van der Waals surface area contributed by atoms with Crippen molar-refractivity contribution in [1.29, 1.82) is 0 Å². The van der Waals surface area contributed by atoms with Crippen molar-refractivity contribution in [3.05, 3.63) is 60.0 Å². The molecule has 0 aliphatic heterocycles. The molecule has 2 aromatic carbocycles. The number of oxazole rings is 1. The summed E-state index contributed by atoms with van der Waals surface area (Å²) in [6, 6.07) is 12.7. The molecule has 0 aliphatic rings. The van der Waals surface area contributed by atoms with Crippen LogP contribution >= 0.6 is 0 Å². The van der Waals surface area contributed by atoms with Crippen LogP contribution in [0.4, 0.5) is 13.2 Å². The number of hydrogen-bond donors (Lipinski definition) is 1.